The molecular weight excluding hydrogens is 207 g/mol. The van der Waals surface area contributed by atoms with Crippen molar-refractivity contribution in [2.24, 2.45) is 11.7 Å². The predicted octanol–water partition coefficient (Wildman–Crippen LogP) is 1.77. The minimum Gasteiger partial charge on any atom is -0.330 e. The second-order valence-corrected chi connectivity index (χ2v) is 3.70. The van der Waals surface area contributed by atoms with E-state index in [1.165, 1.54) is 12.1 Å². The van der Waals surface area contributed by atoms with Gasteiger partial charge in [-0.2, -0.15) is 0 Å². The smallest absolute Gasteiger partial charge is 0.231 e. The normalized spacial score (nSPS) is 12.2. The van der Waals surface area contributed by atoms with Crippen molar-refractivity contribution < 1.29 is 9.18 Å². The number of carbonyl (C=O) groups is 1. The van der Waals surface area contributed by atoms with E-state index in [9.17, 15) is 9.18 Å². The highest BCUT2D eigenvalue weighted by Crippen LogP contribution is 2.16. The SMILES string of the molecule is CCN(C(=O)C(C)CN)c1ccc(F)cc1. The Kier molecular flexibility index (Phi) is 4.43. The van der Waals surface area contributed by atoms with Crippen molar-refractivity contribution in [1.82, 2.24) is 0 Å². The fourth-order valence-corrected chi connectivity index (χ4v) is 1.45. The monoisotopic (exact) mass is 224 g/mol. The summed E-state index contributed by atoms with van der Waals surface area (Å²) in [5.41, 5.74) is 6.16. The zero-order valence-electron chi connectivity index (χ0n) is 9.61. The molecule has 1 atom stereocenters. The molecule has 0 radical (unpaired) electrons. The van der Waals surface area contributed by atoms with E-state index in [1.54, 1.807) is 24.0 Å². The Labute approximate surface area is 95.0 Å². The van der Waals surface area contributed by atoms with Crippen LogP contribution in [0.1, 0.15) is 13.8 Å². The van der Waals surface area contributed by atoms with Gasteiger partial charge in [-0.1, -0.05) is 6.92 Å². The largest absolute Gasteiger partial charge is 0.330 e. The van der Waals surface area contributed by atoms with Crippen molar-refractivity contribution in [2.45, 2.75) is 13.8 Å². The Morgan fingerprint density at radius 2 is 2.00 bits per heavy atom. The Bertz CT molecular complexity index is 351. The summed E-state index contributed by atoms with van der Waals surface area (Å²) in [5.74, 6) is -0.555. The van der Waals surface area contributed by atoms with Gasteiger partial charge in [-0.3, -0.25) is 4.79 Å². The second kappa shape index (κ2) is 5.61. The van der Waals surface area contributed by atoms with Gasteiger partial charge in [-0.15, -0.1) is 0 Å². The fraction of sp³-hybridized carbons (Fsp3) is 0.417. The lowest BCUT2D eigenvalue weighted by atomic mass is 10.1. The van der Waals surface area contributed by atoms with Gasteiger partial charge in [-0.25, -0.2) is 4.39 Å². The van der Waals surface area contributed by atoms with E-state index in [4.69, 9.17) is 5.73 Å². The molecule has 2 N–H and O–H groups in total. The van der Waals surface area contributed by atoms with Crippen LogP contribution < -0.4 is 10.6 Å². The molecule has 0 heterocycles. The number of amides is 1. The summed E-state index contributed by atoms with van der Waals surface area (Å²) in [6, 6.07) is 5.89. The molecule has 0 fully saturated rings. The molecule has 88 valence electrons. The van der Waals surface area contributed by atoms with Crippen molar-refractivity contribution in [3.63, 3.8) is 0 Å². The van der Waals surface area contributed by atoms with Gasteiger partial charge in [0, 0.05) is 24.7 Å². The van der Waals surface area contributed by atoms with E-state index in [-0.39, 0.29) is 17.6 Å². The van der Waals surface area contributed by atoms with Crippen LogP contribution in [0.25, 0.3) is 0 Å². The number of halogens is 1. The lowest BCUT2D eigenvalue weighted by molar-refractivity contribution is -0.121. The van der Waals surface area contributed by atoms with Crippen LogP contribution in [0.3, 0.4) is 0 Å². The number of anilines is 1. The predicted molar refractivity (Wildman–Crippen MR) is 62.6 cm³/mol. The molecule has 0 spiro atoms. The van der Waals surface area contributed by atoms with E-state index in [2.05, 4.69) is 0 Å². The lowest BCUT2D eigenvalue weighted by Crippen LogP contribution is -2.37. The Morgan fingerprint density at radius 1 is 1.44 bits per heavy atom. The molecule has 3 nitrogen and oxygen atoms in total. The number of carbonyl (C=O) groups excluding carboxylic acids is 1. The quantitative estimate of drug-likeness (QED) is 0.847. The summed E-state index contributed by atoms with van der Waals surface area (Å²) in [4.78, 5) is 13.6. The third-order valence-electron chi connectivity index (χ3n) is 2.50. The number of rotatable bonds is 4. The van der Waals surface area contributed by atoms with Gasteiger partial charge in [-0.05, 0) is 31.2 Å². The number of hydrogen-bond donors (Lipinski definition) is 1. The summed E-state index contributed by atoms with van der Waals surface area (Å²) < 4.78 is 12.8. The lowest BCUT2D eigenvalue weighted by Gasteiger charge is -2.23. The molecule has 1 aromatic rings. The number of nitrogens with two attached hydrogens (primary N) is 1. The van der Waals surface area contributed by atoms with Crippen LogP contribution in [0.5, 0.6) is 0 Å². The van der Waals surface area contributed by atoms with Gasteiger partial charge >= 0.3 is 0 Å². The van der Waals surface area contributed by atoms with Crippen LogP contribution in [-0.2, 0) is 4.79 Å². The van der Waals surface area contributed by atoms with Gasteiger partial charge in [0.25, 0.3) is 0 Å². The average molecular weight is 224 g/mol. The van der Waals surface area contributed by atoms with Gasteiger partial charge in [0.1, 0.15) is 5.82 Å². The van der Waals surface area contributed by atoms with Crippen LogP contribution in [0.2, 0.25) is 0 Å². The van der Waals surface area contributed by atoms with Gasteiger partial charge in [0.2, 0.25) is 5.91 Å². The number of nitrogens with zero attached hydrogens (tertiary/aromatic N) is 1. The molecule has 1 aromatic carbocycles. The summed E-state index contributed by atoms with van der Waals surface area (Å²) in [6.07, 6.45) is 0. The third kappa shape index (κ3) is 2.79. The van der Waals surface area contributed by atoms with Crippen molar-refractivity contribution in [3.8, 4) is 0 Å². The molecule has 0 aliphatic heterocycles. The first kappa shape index (κ1) is 12.6. The first-order valence-corrected chi connectivity index (χ1v) is 5.37. The summed E-state index contributed by atoms with van der Waals surface area (Å²) in [7, 11) is 0. The van der Waals surface area contributed by atoms with Crippen molar-refractivity contribution in [2.75, 3.05) is 18.0 Å². The van der Waals surface area contributed by atoms with Crippen molar-refractivity contribution >= 4 is 11.6 Å². The average Bonchev–Trinajstić information content (AvgIpc) is 2.31. The van der Waals surface area contributed by atoms with Gasteiger partial charge < -0.3 is 10.6 Å². The molecule has 0 saturated heterocycles. The molecule has 1 amide bonds. The maximum atomic E-state index is 12.8. The molecular formula is C12H17FN2O. The number of benzene rings is 1. The highest BCUT2D eigenvalue weighted by molar-refractivity contribution is 5.94. The van der Waals surface area contributed by atoms with E-state index >= 15 is 0 Å². The van der Waals surface area contributed by atoms with Crippen molar-refractivity contribution in [1.29, 1.82) is 0 Å². The summed E-state index contributed by atoms with van der Waals surface area (Å²) >= 11 is 0. The zero-order valence-corrected chi connectivity index (χ0v) is 9.61. The molecule has 0 aromatic heterocycles. The van der Waals surface area contributed by atoms with E-state index in [0.717, 1.165) is 0 Å². The van der Waals surface area contributed by atoms with Crippen LogP contribution >= 0.6 is 0 Å². The topological polar surface area (TPSA) is 46.3 Å². The number of hydrogen-bond acceptors (Lipinski definition) is 2. The summed E-state index contributed by atoms with van der Waals surface area (Å²) in [5, 5.41) is 0. The van der Waals surface area contributed by atoms with Crippen LogP contribution in [-0.4, -0.2) is 19.0 Å². The minimum atomic E-state index is -0.306. The maximum Gasteiger partial charge on any atom is 0.231 e. The van der Waals surface area contributed by atoms with Gasteiger partial charge in [0.15, 0.2) is 0 Å². The molecule has 0 saturated carbocycles. The maximum absolute atomic E-state index is 12.8. The molecule has 1 unspecified atom stereocenters. The molecule has 1 rings (SSSR count). The van der Waals surface area contributed by atoms with Crippen LogP contribution in [0.4, 0.5) is 10.1 Å². The van der Waals surface area contributed by atoms with E-state index in [1.807, 2.05) is 6.92 Å². The van der Waals surface area contributed by atoms with E-state index in [0.29, 0.717) is 18.8 Å². The zero-order chi connectivity index (χ0) is 12.1. The van der Waals surface area contributed by atoms with E-state index < -0.39 is 0 Å². The third-order valence-corrected chi connectivity index (χ3v) is 2.50. The molecule has 0 aliphatic rings. The summed E-state index contributed by atoms with van der Waals surface area (Å²) in [6.45, 7) is 4.53. The molecule has 0 aliphatic carbocycles. The first-order valence-electron chi connectivity index (χ1n) is 5.37. The molecule has 0 bridgehead atoms. The standard InChI is InChI=1S/C12H17FN2O/c1-3-15(12(16)9(2)8-14)11-6-4-10(13)5-7-11/h4-7,9H,3,8,14H2,1-2H3. The van der Waals surface area contributed by atoms with Crippen LogP contribution in [0, 0.1) is 11.7 Å². The highest BCUT2D eigenvalue weighted by atomic mass is 19.1. The van der Waals surface area contributed by atoms with Crippen LogP contribution in [0.15, 0.2) is 24.3 Å². The highest BCUT2D eigenvalue weighted by Gasteiger charge is 2.19. The second-order valence-electron chi connectivity index (χ2n) is 3.70. The fourth-order valence-electron chi connectivity index (χ4n) is 1.45. The Hall–Kier alpha value is -1.42. The Balaban J connectivity index is 2.90. The minimum absolute atomic E-state index is 0.0309. The van der Waals surface area contributed by atoms with Crippen molar-refractivity contribution in [3.05, 3.63) is 30.1 Å². The first-order chi connectivity index (χ1) is 7.60. The Morgan fingerprint density at radius 3 is 2.44 bits per heavy atom. The van der Waals surface area contributed by atoms with Gasteiger partial charge in [0.05, 0.1) is 0 Å². The molecule has 16 heavy (non-hydrogen) atoms. The molecule has 4 heteroatoms.